The number of rotatable bonds is 3. The Hall–Kier alpha value is -0.480. The molecule has 1 unspecified atom stereocenters. The summed E-state index contributed by atoms with van der Waals surface area (Å²) >= 11 is 5.73. The minimum Gasteiger partial charge on any atom is -0.351 e. The SMILES string of the molecule is Cc1cc(CNC(=O)C(C)S)cs1. The first-order valence-corrected chi connectivity index (χ1v) is 5.49. The van der Waals surface area contributed by atoms with Crippen LogP contribution in [0.1, 0.15) is 17.4 Å². The zero-order chi connectivity index (χ0) is 9.84. The van der Waals surface area contributed by atoms with Gasteiger partial charge in [0.2, 0.25) is 5.91 Å². The van der Waals surface area contributed by atoms with E-state index in [2.05, 4.69) is 36.3 Å². The normalized spacial score (nSPS) is 12.5. The highest BCUT2D eigenvalue weighted by Crippen LogP contribution is 2.12. The fourth-order valence-electron chi connectivity index (χ4n) is 0.927. The maximum absolute atomic E-state index is 11.1. The number of thiol groups is 1. The van der Waals surface area contributed by atoms with E-state index in [4.69, 9.17) is 0 Å². The van der Waals surface area contributed by atoms with Gasteiger partial charge in [0, 0.05) is 11.4 Å². The molecule has 1 aromatic heterocycles. The molecule has 0 aromatic carbocycles. The molecule has 0 radical (unpaired) electrons. The van der Waals surface area contributed by atoms with Crippen molar-refractivity contribution in [3.8, 4) is 0 Å². The summed E-state index contributed by atoms with van der Waals surface area (Å²) in [7, 11) is 0. The molecule has 0 fully saturated rings. The van der Waals surface area contributed by atoms with Crippen molar-refractivity contribution in [2.24, 2.45) is 0 Å². The molecule has 1 N–H and O–H groups in total. The van der Waals surface area contributed by atoms with Crippen molar-refractivity contribution >= 4 is 29.9 Å². The Morgan fingerprint density at radius 1 is 1.77 bits per heavy atom. The third-order valence-corrected chi connectivity index (χ3v) is 2.78. The number of carbonyl (C=O) groups excluding carboxylic acids is 1. The topological polar surface area (TPSA) is 29.1 Å². The molecule has 1 aromatic rings. The number of aryl methyl sites for hydroxylation is 1. The number of nitrogens with one attached hydrogen (secondary N) is 1. The lowest BCUT2D eigenvalue weighted by atomic mass is 10.3. The molecule has 13 heavy (non-hydrogen) atoms. The summed E-state index contributed by atoms with van der Waals surface area (Å²) in [5.74, 6) is -0.0211. The predicted octanol–water partition coefficient (Wildman–Crippen LogP) is 1.99. The lowest BCUT2D eigenvalue weighted by Gasteiger charge is -2.04. The summed E-state index contributed by atoms with van der Waals surface area (Å²) in [6.07, 6.45) is 0. The van der Waals surface area contributed by atoms with Gasteiger partial charge in [-0.3, -0.25) is 4.79 Å². The predicted molar refractivity (Wildman–Crippen MR) is 59.4 cm³/mol. The highest BCUT2D eigenvalue weighted by atomic mass is 32.1. The van der Waals surface area contributed by atoms with Gasteiger partial charge in [0.1, 0.15) is 0 Å². The zero-order valence-corrected chi connectivity index (χ0v) is 9.41. The smallest absolute Gasteiger partial charge is 0.232 e. The van der Waals surface area contributed by atoms with Crippen molar-refractivity contribution in [3.63, 3.8) is 0 Å². The van der Waals surface area contributed by atoms with Crippen LogP contribution in [0.4, 0.5) is 0 Å². The summed E-state index contributed by atoms with van der Waals surface area (Å²) in [5.41, 5.74) is 1.16. The van der Waals surface area contributed by atoms with Gasteiger partial charge in [-0.15, -0.1) is 11.3 Å². The Balaban J connectivity index is 2.39. The highest BCUT2D eigenvalue weighted by Gasteiger charge is 2.06. The second kappa shape index (κ2) is 4.67. The van der Waals surface area contributed by atoms with Gasteiger partial charge in [0.15, 0.2) is 0 Å². The van der Waals surface area contributed by atoms with Crippen molar-refractivity contribution in [2.45, 2.75) is 25.6 Å². The number of thiophene rings is 1. The van der Waals surface area contributed by atoms with E-state index in [9.17, 15) is 4.79 Å². The standard InChI is InChI=1S/C9H13NOS2/c1-6-3-8(5-13-6)4-10-9(11)7(2)12/h3,5,7,12H,4H2,1-2H3,(H,10,11). The molecule has 0 spiro atoms. The van der Waals surface area contributed by atoms with E-state index in [0.717, 1.165) is 5.56 Å². The van der Waals surface area contributed by atoms with Gasteiger partial charge in [-0.1, -0.05) is 0 Å². The lowest BCUT2D eigenvalue weighted by Crippen LogP contribution is -2.28. The number of amides is 1. The van der Waals surface area contributed by atoms with Crippen LogP contribution < -0.4 is 5.32 Å². The summed E-state index contributed by atoms with van der Waals surface area (Å²) < 4.78 is 0. The lowest BCUT2D eigenvalue weighted by molar-refractivity contribution is -0.120. The van der Waals surface area contributed by atoms with Gasteiger partial charge in [-0.25, -0.2) is 0 Å². The number of hydrogen-bond acceptors (Lipinski definition) is 3. The van der Waals surface area contributed by atoms with Gasteiger partial charge >= 0.3 is 0 Å². The molecule has 0 saturated heterocycles. The average Bonchev–Trinajstić information content (AvgIpc) is 2.47. The molecule has 0 aliphatic rings. The van der Waals surface area contributed by atoms with E-state index < -0.39 is 0 Å². The second-order valence-corrected chi connectivity index (χ2v) is 4.85. The van der Waals surface area contributed by atoms with Crippen molar-refractivity contribution in [3.05, 3.63) is 21.9 Å². The molecule has 0 aliphatic heterocycles. The van der Waals surface area contributed by atoms with Crippen LogP contribution >= 0.6 is 24.0 Å². The Morgan fingerprint density at radius 3 is 2.92 bits per heavy atom. The number of carbonyl (C=O) groups is 1. The van der Waals surface area contributed by atoms with Crippen molar-refractivity contribution in [1.29, 1.82) is 0 Å². The van der Waals surface area contributed by atoms with Gasteiger partial charge in [-0.05, 0) is 30.9 Å². The fourth-order valence-corrected chi connectivity index (χ4v) is 1.73. The molecule has 2 nitrogen and oxygen atoms in total. The minimum atomic E-state index is -0.236. The molecular formula is C9H13NOS2. The van der Waals surface area contributed by atoms with E-state index in [0.29, 0.717) is 6.54 Å². The summed E-state index contributed by atoms with van der Waals surface area (Å²) in [4.78, 5) is 12.4. The molecule has 1 rings (SSSR count). The van der Waals surface area contributed by atoms with E-state index in [1.807, 2.05) is 0 Å². The van der Waals surface area contributed by atoms with Gasteiger partial charge in [0.25, 0.3) is 0 Å². The molecule has 0 bridgehead atoms. The molecule has 0 saturated carbocycles. The molecule has 1 heterocycles. The molecule has 72 valence electrons. The first-order valence-electron chi connectivity index (χ1n) is 4.09. The van der Waals surface area contributed by atoms with Gasteiger partial charge in [-0.2, -0.15) is 12.6 Å². The van der Waals surface area contributed by atoms with E-state index >= 15 is 0 Å². The van der Waals surface area contributed by atoms with Crippen molar-refractivity contribution in [2.75, 3.05) is 0 Å². The van der Waals surface area contributed by atoms with Crippen LogP contribution in [-0.4, -0.2) is 11.2 Å². The van der Waals surface area contributed by atoms with E-state index in [1.54, 1.807) is 18.3 Å². The summed E-state index contributed by atoms with van der Waals surface area (Å²) in [6.45, 7) is 4.42. The van der Waals surface area contributed by atoms with Gasteiger partial charge < -0.3 is 5.32 Å². The summed E-state index contributed by atoms with van der Waals surface area (Å²) in [5, 5.41) is 4.62. The van der Waals surface area contributed by atoms with Crippen LogP contribution in [0, 0.1) is 6.92 Å². The Kier molecular flexibility index (Phi) is 3.81. The van der Waals surface area contributed by atoms with E-state index in [1.165, 1.54) is 4.88 Å². The largest absolute Gasteiger partial charge is 0.351 e. The fraction of sp³-hybridized carbons (Fsp3) is 0.444. The zero-order valence-electron chi connectivity index (χ0n) is 7.70. The Bertz CT molecular complexity index is 294. The van der Waals surface area contributed by atoms with Crippen LogP contribution in [0.15, 0.2) is 11.4 Å². The van der Waals surface area contributed by atoms with Gasteiger partial charge in [0.05, 0.1) is 5.25 Å². The highest BCUT2D eigenvalue weighted by molar-refractivity contribution is 7.81. The molecular weight excluding hydrogens is 202 g/mol. The van der Waals surface area contributed by atoms with Crippen LogP contribution in [0.3, 0.4) is 0 Å². The quantitative estimate of drug-likeness (QED) is 0.742. The molecule has 0 aliphatic carbocycles. The minimum absolute atomic E-state index is 0.0211. The molecule has 1 atom stereocenters. The first kappa shape index (κ1) is 10.6. The third-order valence-electron chi connectivity index (χ3n) is 1.63. The van der Waals surface area contributed by atoms with Crippen LogP contribution in [0.5, 0.6) is 0 Å². The van der Waals surface area contributed by atoms with Crippen LogP contribution in [0.2, 0.25) is 0 Å². The maximum atomic E-state index is 11.1. The first-order chi connectivity index (χ1) is 6.09. The Labute approximate surface area is 87.8 Å². The van der Waals surface area contributed by atoms with E-state index in [-0.39, 0.29) is 11.2 Å². The van der Waals surface area contributed by atoms with Crippen LogP contribution in [-0.2, 0) is 11.3 Å². The van der Waals surface area contributed by atoms with Crippen LogP contribution in [0.25, 0.3) is 0 Å². The van der Waals surface area contributed by atoms with Crippen molar-refractivity contribution in [1.82, 2.24) is 5.32 Å². The molecule has 4 heteroatoms. The monoisotopic (exact) mass is 215 g/mol. The third kappa shape index (κ3) is 3.40. The maximum Gasteiger partial charge on any atom is 0.232 e. The summed E-state index contributed by atoms with van der Waals surface area (Å²) in [6, 6.07) is 2.08. The number of hydrogen-bond donors (Lipinski definition) is 2. The van der Waals surface area contributed by atoms with Crippen molar-refractivity contribution < 1.29 is 4.79 Å². The molecule has 1 amide bonds. The Morgan fingerprint density at radius 2 is 2.46 bits per heavy atom. The average molecular weight is 215 g/mol. The second-order valence-electron chi connectivity index (χ2n) is 2.96.